The molecule has 0 aliphatic rings. The maximum absolute atomic E-state index is 2.41. The summed E-state index contributed by atoms with van der Waals surface area (Å²) in [6.07, 6.45) is 0. The van der Waals surface area contributed by atoms with Gasteiger partial charge in [-0.2, -0.15) is 0 Å². The molecule has 42 heavy (non-hydrogen) atoms. The van der Waals surface area contributed by atoms with E-state index in [2.05, 4.69) is 169 Å². The van der Waals surface area contributed by atoms with Gasteiger partial charge in [0.1, 0.15) is 0 Å². The largest absolute Gasteiger partial charge is 0.309 e. The van der Waals surface area contributed by atoms with E-state index < -0.39 is 0 Å². The van der Waals surface area contributed by atoms with Crippen molar-refractivity contribution in [1.82, 2.24) is 0 Å². The summed E-state index contributed by atoms with van der Waals surface area (Å²) in [4.78, 5) is 2.41. The second kappa shape index (κ2) is 10.3. The van der Waals surface area contributed by atoms with Gasteiger partial charge in [0, 0.05) is 26.8 Å². The molecule has 8 aromatic rings. The molecule has 0 bridgehead atoms. The molecule has 0 atom stereocenters. The van der Waals surface area contributed by atoms with Gasteiger partial charge in [0.05, 0.1) is 10.4 Å². The van der Waals surface area contributed by atoms with Crippen molar-refractivity contribution in [2.24, 2.45) is 0 Å². The van der Waals surface area contributed by atoms with E-state index in [4.69, 9.17) is 0 Å². The third-order valence-corrected chi connectivity index (χ3v) is 9.23. The molecule has 0 spiro atoms. The lowest BCUT2D eigenvalue weighted by Gasteiger charge is -2.27. The molecule has 1 aromatic heterocycles. The number of anilines is 3. The molecule has 0 saturated heterocycles. The van der Waals surface area contributed by atoms with E-state index in [0.717, 1.165) is 11.4 Å². The number of thiophene rings is 1. The number of para-hydroxylation sites is 1. The molecule has 198 valence electrons. The number of benzene rings is 7. The highest BCUT2D eigenvalue weighted by atomic mass is 32.1. The number of hydrogen-bond donors (Lipinski definition) is 0. The zero-order chi connectivity index (χ0) is 27.9. The Bertz CT molecular complexity index is 2180. The average Bonchev–Trinajstić information content (AvgIpc) is 3.47. The van der Waals surface area contributed by atoms with Crippen LogP contribution in [0.3, 0.4) is 0 Å². The van der Waals surface area contributed by atoms with Crippen LogP contribution in [0, 0.1) is 0 Å². The molecule has 0 aliphatic carbocycles. The summed E-state index contributed by atoms with van der Waals surface area (Å²) in [6.45, 7) is 0. The van der Waals surface area contributed by atoms with Crippen LogP contribution in [0.5, 0.6) is 0 Å². The Morgan fingerprint density at radius 2 is 0.976 bits per heavy atom. The fourth-order valence-electron chi connectivity index (χ4n) is 6.04. The molecule has 0 fully saturated rings. The van der Waals surface area contributed by atoms with E-state index in [9.17, 15) is 0 Å². The van der Waals surface area contributed by atoms with E-state index in [-0.39, 0.29) is 0 Å². The maximum atomic E-state index is 2.41. The molecule has 0 unspecified atom stereocenters. The zero-order valence-corrected chi connectivity index (χ0v) is 23.8. The number of fused-ring (bicyclic) bond motifs is 5. The van der Waals surface area contributed by atoms with Crippen LogP contribution in [0.1, 0.15) is 0 Å². The lowest BCUT2D eigenvalue weighted by atomic mass is 9.98. The Morgan fingerprint density at radius 3 is 1.74 bits per heavy atom. The summed E-state index contributed by atoms with van der Waals surface area (Å²) in [5.74, 6) is 0. The molecule has 0 amide bonds. The summed E-state index contributed by atoms with van der Waals surface area (Å²) in [5, 5.41) is 5.20. The molecule has 2 heteroatoms. The first kappa shape index (κ1) is 24.6. The maximum Gasteiger partial charge on any atom is 0.0646 e. The smallest absolute Gasteiger partial charge is 0.0646 e. The minimum atomic E-state index is 1.14. The number of hydrogen-bond acceptors (Lipinski definition) is 2. The highest BCUT2D eigenvalue weighted by Gasteiger charge is 2.20. The van der Waals surface area contributed by atoms with Gasteiger partial charge in [0.2, 0.25) is 0 Å². The van der Waals surface area contributed by atoms with Crippen LogP contribution in [0.15, 0.2) is 164 Å². The third kappa shape index (κ3) is 4.25. The summed E-state index contributed by atoms with van der Waals surface area (Å²) >= 11 is 1.88. The zero-order valence-electron chi connectivity index (χ0n) is 22.9. The Labute approximate surface area is 249 Å². The molecule has 0 radical (unpaired) electrons. The van der Waals surface area contributed by atoms with Crippen molar-refractivity contribution in [2.45, 2.75) is 0 Å². The van der Waals surface area contributed by atoms with Gasteiger partial charge >= 0.3 is 0 Å². The first-order valence-corrected chi connectivity index (χ1v) is 15.1. The number of nitrogens with zero attached hydrogens (tertiary/aromatic N) is 1. The van der Waals surface area contributed by atoms with Crippen molar-refractivity contribution in [2.75, 3.05) is 4.90 Å². The van der Waals surface area contributed by atoms with E-state index in [1.54, 1.807) is 0 Å². The lowest BCUT2D eigenvalue weighted by molar-refractivity contribution is 1.30. The highest BCUT2D eigenvalue weighted by Crippen LogP contribution is 2.48. The summed E-state index contributed by atoms with van der Waals surface area (Å²) in [7, 11) is 0. The quantitative estimate of drug-likeness (QED) is 0.205. The predicted octanol–water partition coefficient (Wildman–Crippen LogP) is 12.0. The fourth-order valence-corrected chi connectivity index (χ4v) is 7.26. The minimum absolute atomic E-state index is 1.14. The van der Waals surface area contributed by atoms with Crippen molar-refractivity contribution in [3.8, 4) is 22.3 Å². The molecule has 1 nitrogen and oxygen atoms in total. The van der Waals surface area contributed by atoms with Gasteiger partial charge in [0.15, 0.2) is 0 Å². The van der Waals surface area contributed by atoms with Gasteiger partial charge in [0.25, 0.3) is 0 Å². The van der Waals surface area contributed by atoms with Gasteiger partial charge in [-0.3, -0.25) is 0 Å². The first-order chi connectivity index (χ1) is 20.8. The lowest BCUT2D eigenvalue weighted by Crippen LogP contribution is -2.10. The number of rotatable bonds is 5. The van der Waals surface area contributed by atoms with Gasteiger partial charge in [-0.25, -0.2) is 0 Å². The molecular weight excluding hydrogens is 527 g/mol. The van der Waals surface area contributed by atoms with Crippen LogP contribution >= 0.6 is 11.3 Å². The standard InChI is InChI=1S/C40H27NS/c1-3-12-28(13-4-1)30-15-11-16-31(26-30)29-22-24-34(25-23-29)41(33-17-5-2-6-18-33)37-27-32-14-7-8-19-35(32)39-36-20-9-10-21-38(36)42-40(37)39/h1-27H. The second-order valence-corrected chi connectivity index (χ2v) is 11.6. The molecule has 8 rings (SSSR count). The van der Waals surface area contributed by atoms with Gasteiger partial charge < -0.3 is 4.90 Å². The Kier molecular flexibility index (Phi) is 6.05. The molecule has 0 saturated carbocycles. The summed E-state index contributed by atoms with van der Waals surface area (Å²) in [6, 6.07) is 59.0. The van der Waals surface area contributed by atoms with Crippen LogP contribution in [-0.2, 0) is 0 Å². The van der Waals surface area contributed by atoms with E-state index in [1.165, 1.54) is 58.9 Å². The van der Waals surface area contributed by atoms with Crippen LogP contribution in [0.2, 0.25) is 0 Å². The van der Waals surface area contributed by atoms with Gasteiger partial charge in [-0.15, -0.1) is 11.3 Å². The minimum Gasteiger partial charge on any atom is -0.309 e. The molecule has 7 aromatic carbocycles. The first-order valence-electron chi connectivity index (χ1n) is 14.3. The van der Waals surface area contributed by atoms with Crippen LogP contribution in [0.25, 0.3) is 53.2 Å². The SMILES string of the molecule is c1ccc(-c2cccc(-c3ccc(N(c4ccccc4)c4cc5ccccc5c5c4sc4ccccc45)cc3)c2)cc1. The van der Waals surface area contributed by atoms with Gasteiger partial charge in [-0.1, -0.05) is 121 Å². The van der Waals surface area contributed by atoms with E-state index in [0.29, 0.717) is 0 Å². The van der Waals surface area contributed by atoms with Crippen LogP contribution in [0.4, 0.5) is 17.1 Å². The predicted molar refractivity (Wildman–Crippen MR) is 182 cm³/mol. The van der Waals surface area contributed by atoms with Crippen LogP contribution in [-0.4, -0.2) is 0 Å². The monoisotopic (exact) mass is 553 g/mol. The third-order valence-electron chi connectivity index (χ3n) is 8.03. The Balaban J connectivity index is 1.30. The van der Waals surface area contributed by atoms with Crippen molar-refractivity contribution in [3.05, 3.63) is 164 Å². The van der Waals surface area contributed by atoms with Crippen molar-refractivity contribution in [3.63, 3.8) is 0 Å². The van der Waals surface area contributed by atoms with Crippen LogP contribution < -0.4 is 4.90 Å². The Hall–Kier alpha value is -5.18. The van der Waals surface area contributed by atoms with Crippen molar-refractivity contribution >= 4 is 59.3 Å². The molecular formula is C40H27NS. The second-order valence-electron chi connectivity index (χ2n) is 10.6. The van der Waals surface area contributed by atoms with E-state index >= 15 is 0 Å². The molecule has 0 N–H and O–H groups in total. The van der Waals surface area contributed by atoms with Crippen molar-refractivity contribution < 1.29 is 0 Å². The fraction of sp³-hybridized carbons (Fsp3) is 0. The topological polar surface area (TPSA) is 3.24 Å². The Morgan fingerprint density at radius 1 is 0.405 bits per heavy atom. The normalized spacial score (nSPS) is 11.3. The van der Waals surface area contributed by atoms with Crippen molar-refractivity contribution in [1.29, 1.82) is 0 Å². The molecule has 1 heterocycles. The molecule has 0 aliphatic heterocycles. The highest BCUT2D eigenvalue weighted by molar-refractivity contribution is 7.26. The van der Waals surface area contributed by atoms with E-state index in [1.807, 2.05) is 11.3 Å². The average molecular weight is 554 g/mol. The summed E-state index contributed by atoms with van der Waals surface area (Å²) in [5.41, 5.74) is 8.36. The summed E-state index contributed by atoms with van der Waals surface area (Å²) < 4.78 is 2.62. The van der Waals surface area contributed by atoms with Gasteiger partial charge in [-0.05, 0) is 75.5 Å².